The number of morpholine rings is 1. The Hall–Kier alpha value is -2.16. The maximum Gasteiger partial charge on any atom is 0.336 e. The van der Waals surface area contributed by atoms with Crippen LogP contribution in [0.1, 0.15) is 0 Å². The normalized spacial score (nSPS) is 17.8. The molecular formula is C16H15ClN4O3S. The van der Waals surface area contributed by atoms with Crippen LogP contribution in [-0.2, 0) is 14.3 Å². The van der Waals surface area contributed by atoms with Crippen LogP contribution in [0, 0.1) is 0 Å². The fraction of sp³-hybridized carbons (Fsp3) is 0.312. The first kappa shape index (κ1) is 16.3. The predicted molar refractivity (Wildman–Crippen MR) is 95.3 cm³/mol. The van der Waals surface area contributed by atoms with Gasteiger partial charge in [0.05, 0.1) is 32.2 Å². The zero-order valence-electron chi connectivity index (χ0n) is 13.4. The van der Waals surface area contributed by atoms with Crippen LogP contribution in [0.5, 0.6) is 0 Å². The molecule has 0 N–H and O–H groups in total. The summed E-state index contributed by atoms with van der Waals surface area (Å²) in [5, 5.41) is 6.08. The van der Waals surface area contributed by atoms with E-state index in [-0.39, 0.29) is 5.97 Å². The highest BCUT2D eigenvalue weighted by Crippen LogP contribution is 2.28. The summed E-state index contributed by atoms with van der Waals surface area (Å²) in [7, 11) is 1.36. The zero-order valence-corrected chi connectivity index (χ0v) is 15.0. The van der Waals surface area contributed by atoms with Crippen molar-refractivity contribution in [3.05, 3.63) is 35.5 Å². The Balaban J connectivity index is 1.57. The monoisotopic (exact) mass is 378 g/mol. The lowest BCUT2D eigenvalue weighted by Gasteiger charge is -2.30. The van der Waals surface area contributed by atoms with Gasteiger partial charge in [-0.2, -0.15) is 0 Å². The quantitative estimate of drug-likeness (QED) is 0.652. The fourth-order valence-electron chi connectivity index (χ4n) is 2.67. The van der Waals surface area contributed by atoms with Crippen molar-refractivity contribution < 1.29 is 14.3 Å². The largest absolute Gasteiger partial charge is 0.467 e. The second-order valence-corrected chi connectivity index (χ2v) is 6.94. The van der Waals surface area contributed by atoms with E-state index < -0.39 is 6.10 Å². The lowest BCUT2D eigenvalue weighted by Crippen LogP contribution is -2.46. The van der Waals surface area contributed by atoms with Crippen molar-refractivity contribution in [3.63, 3.8) is 0 Å². The van der Waals surface area contributed by atoms with Gasteiger partial charge >= 0.3 is 5.97 Å². The molecule has 0 aliphatic carbocycles. The molecule has 1 aliphatic heterocycles. The molecule has 2 aromatic heterocycles. The van der Waals surface area contributed by atoms with Gasteiger partial charge in [0.15, 0.2) is 6.10 Å². The number of carbonyl (C=O) groups excluding carboxylic acids is 1. The molecule has 0 bridgehead atoms. The molecule has 7 nitrogen and oxygen atoms in total. The summed E-state index contributed by atoms with van der Waals surface area (Å²) in [6.45, 7) is 1.55. The Morgan fingerprint density at radius 3 is 2.92 bits per heavy atom. The number of benzene rings is 1. The molecule has 3 heterocycles. The molecule has 25 heavy (non-hydrogen) atoms. The van der Waals surface area contributed by atoms with Gasteiger partial charge < -0.3 is 14.4 Å². The maximum absolute atomic E-state index is 11.7. The predicted octanol–water partition coefficient (Wildman–Crippen LogP) is 2.49. The molecule has 4 rings (SSSR count). The lowest BCUT2D eigenvalue weighted by atomic mass is 10.2. The number of methoxy groups -OCH3 is 1. The van der Waals surface area contributed by atoms with Crippen LogP contribution < -0.4 is 4.90 Å². The average Bonchev–Trinajstić information content (AvgIpc) is 3.21. The third-order valence-corrected chi connectivity index (χ3v) is 5.21. The van der Waals surface area contributed by atoms with Crippen LogP contribution in [0.25, 0.3) is 16.2 Å². The van der Waals surface area contributed by atoms with Crippen LogP contribution in [0.15, 0.2) is 30.5 Å². The van der Waals surface area contributed by atoms with Gasteiger partial charge in [-0.1, -0.05) is 35.1 Å². The standard InChI is InChI=1S/C16H15ClN4O3S/c1-23-14(22)13-9-20(6-7-24-13)16-19-21-8-12(18-15(21)25-16)10-2-4-11(17)5-3-10/h2-5,8,13H,6-7,9H2,1H3. The Labute approximate surface area is 152 Å². The maximum atomic E-state index is 11.7. The van der Waals surface area contributed by atoms with Crippen molar-refractivity contribution in [1.82, 2.24) is 14.6 Å². The van der Waals surface area contributed by atoms with E-state index in [0.29, 0.717) is 24.7 Å². The number of ether oxygens (including phenoxy) is 2. The molecule has 0 spiro atoms. The molecule has 3 aromatic rings. The van der Waals surface area contributed by atoms with Gasteiger partial charge in [-0.25, -0.2) is 14.3 Å². The summed E-state index contributed by atoms with van der Waals surface area (Å²) in [6.07, 6.45) is 1.30. The minimum Gasteiger partial charge on any atom is -0.467 e. The van der Waals surface area contributed by atoms with Crippen LogP contribution in [0.3, 0.4) is 0 Å². The second kappa shape index (κ2) is 6.62. The smallest absolute Gasteiger partial charge is 0.336 e. The van der Waals surface area contributed by atoms with Gasteiger partial charge in [0, 0.05) is 17.1 Å². The van der Waals surface area contributed by atoms with E-state index in [1.54, 1.807) is 4.52 Å². The zero-order chi connectivity index (χ0) is 17.4. The molecule has 0 radical (unpaired) electrons. The topological polar surface area (TPSA) is 69.0 Å². The van der Waals surface area contributed by atoms with Gasteiger partial charge in [0.25, 0.3) is 0 Å². The van der Waals surface area contributed by atoms with Crippen LogP contribution in [0.4, 0.5) is 5.13 Å². The minimum absolute atomic E-state index is 0.365. The number of rotatable bonds is 3. The third kappa shape index (κ3) is 3.20. The Bertz CT molecular complexity index is 876. The minimum atomic E-state index is -0.584. The van der Waals surface area contributed by atoms with Crippen LogP contribution >= 0.6 is 22.9 Å². The SMILES string of the molecule is COC(=O)C1CN(c2nn3cc(-c4ccc(Cl)cc4)nc3s2)CCO1. The van der Waals surface area contributed by atoms with Gasteiger partial charge in [0.1, 0.15) is 0 Å². The highest BCUT2D eigenvalue weighted by atomic mass is 35.5. The highest BCUT2D eigenvalue weighted by molar-refractivity contribution is 7.20. The van der Waals surface area contributed by atoms with Crippen molar-refractivity contribution in [2.24, 2.45) is 0 Å². The van der Waals surface area contributed by atoms with Crippen LogP contribution in [0.2, 0.25) is 5.02 Å². The number of carbonyl (C=O) groups is 1. The van der Waals surface area contributed by atoms with E-state index in [2.05, 4.69) is 10.1 Å². The van der Waals surface area contributed by atoms with Gasteiger partial charge in [0.2, 0.25) is 10.1 Å². The second-order valence-electron chi connectivity index (χ2n) is 5.57. The van der Waals surface area contributed by atoms with E-state index in [0.717, 1.165) is 21.3 Å². The van der Waals surface area contributed by atoms with Crippen molar-refractivity contribution in [1.29, 1.82) is 0 Å². The summed E-state index contributed by atoms with van der Waals surface area (Å²) in [5.41, 5.74) is 1.83. The molecule has 1 aromatic carbocycles. The summed E-state index contributed by atoms with van der Waals surface area (Å²) >= 11 is 7.40. The van der Waals surface area contributed by atoms with Gasteiger partial charge in [-0.05, 0) is 12.1 Å². The molecule has 1 unspecified atom stereocenters. The molecule has 1 fully saturated rings. The van der Waals surface area contributed by atoms with Crippen molar-refractivity contribution in [3.8, 4) is 11.3 Å². The number of esters is 1. The Morgan fingerprint density at radius 1 is 1.40 bits per heavy atom. The number of halogens is 1. The number of hydrogen-bond acceptors (Lipinski definition) is 7. The number of hydrogen-bond donors (Lipinski definition) is 0. The van der Waals surface area contributed by atoms with E-state index in [1.807, 2.05) is 35.4 Å². The van der Waals surface area contributed by atoms with Crippen molar-refractivity contribution >= 4 is 39.0 Å². The van der Waals surface area contributed by atoms with E-state index in [1.165, 1.54) is 18.4 Å². The van der Waals surface area contributed by atoms with E-state index in [9.17, 15) is 4.79 Å². The lowest BCUT2D eigenvalue weighted by molar-refractivity contribution is -0.154. The number of anilines is 1. The molecular weight excluding hydrogens is 364 g/mol. The molecule has 1 saturated heterocycles. The highest BCUT2D eigenvalue weighted by Gasteiger charge is 2.29. The average molecular weight is 379 g/mol. The third-order valence-electron chi connectivity index (χ3n) is 3.97. The summed E-state index contributed by atoms with van der Waals surface area (Å²) in [6, 6.07) is 7.53. The van der Waals surface area contributed by atoms with E-state index >= 15 is 0 Å². The first-order valence-electron chi connectivity index (χ1n) is 7.70. The van der Waals surface area contributed by atoms with Crippen molar-refractivity contribution in [2.45, 2.75) is 6.10 Å². The fourth-order valence-corrected chi connectivity index (χ4v) is 3.72. The first-order chi connectivity index (χ1) is 12.1. The molecule has 0 saturated carbocycles. The molecule has 1 atom stereocenters. The van der Waals surface area contributed by atoms with Gasteiger partial charge in [-0.15, -0.1) is 5.10 Å². The Kier molecular flexibility index (Phi) is 4.32. The molecule has 130 valence electrons. The number of imidazole rings is 1. The van der Waals surface area contributed by atoms with Gasteiger partial charge in [-0.3, -0.25) is 0 Å². The summed E-state index contributed by atoms with van der Waals surface area (Å²) < 4.78 is 12.0. The number of fused-ring (bicyclic) bond motifs is 1. The number of aromatic nitrogens is 3. The molecule has 0 amide bonds. The molecule has 1 aliphatic rings. The summed E-state index contributed by atoms with van der Waals surface area (Å²) in [4.78, 5) is 19.1. The first-order valence-corrected chi connectivity index (χ1v) is 8.90. The number of nitrogens with zero attached hydrogens (tertiary/aromatic N) is 4. The van der Waals surface area contributed by atoms with E-state index in [4.69, 9.17) is 21.1 Å². The molecule has 9 heteroatoms. The van der Waals surface area contributed by atoms with Crippen molar-refractivity contribution in [2.75, 3.05) is 31.7 Å². The Morgan fingerprint density at radius 2 is 2.20 bits per heavy atom. The summed E-state index contributed by atoms with van der Waals surface area (Å²) in [5.74, 6) is -0.365. The van der Waals surface area contributed by atoms with Crippen LogP contribution in [-0.4, -0.2) is 53.5 Å².